The van der Waals surface area contributed by atoms with Gasteiger partial charge in [-0.1, -0.05) is 115 Å². The van der Waals surface area contributed by atoms with Gasteiger partial charge in [-0.3, -0.25) is 0 Å². The third kappa shape index (κ3) is 7.06. The molecule has 364 valence electrons. The Labute approximate surface area is 441 Å². The van der Waals surface area contributed by atoms with E-state index in [4.69, 9.17) is 0 Å². The van der Waals surface area contributed by atoms with E-state index in [2.05, 4.69) is 262 Å². The molecule has 0 atom stereocenters. The van der Waals surface area contributed by atoms with Gasteiger partial charge in [0.15, 0.2) is 0 Å². The van der Waals surface area contributed by atoms with Gasteiger partial charge in [0.05, 0.1) is 11.4 Å². The summed E-state index contributed by atoms with van der Waals surface area (Å²) >= 11 is 0. The van der Waals surface area contributed by atoms with E-state index in [1.54, 1.807) is 0 Å². The molecule has 0 saturated heterocycles. The summed E-state index contributed by atoms with van der Waals surface area (Å²) in [7, 11) is 0. The zero-order valence-electron chi connectivity index (χ0n) is 45.1. The molecule has 0 aliphatic carbocycles. The molecule has 0 unspecified atom stereocenters. The fourth-order valence-electron chi connectivity index (χ4n) is 13.0. The van der Waals surface area contributed by atoms with Crippen molar-refractivity contribution in [2.24, 2.45) is 0 Å². The zero-order chi connectivity index (χ0) is 51.7. The summed E-state index contributed by atoms with van der Waals surface area (Å²) in [5.41, 5.74) is 26.4. The molecule has 13 aromatic rings. The Balaban J connectivity index is 1.19. The Morgan fingerprint density at radius 3 is 0.867 bits per heavy atom. The largest absolute Gasteiger partial charge is 0.310 e. The standard InChI is InChI=1S/C73H62N2/c1-41-32-42(2)34-54(33-41)74(55-35-43(3)49(9)44(4)36-55)64-30-28-62-68-58(64)24-18-26-60(68)70-66(52-20-14-12-15-21-52)73-63-29-31-65(59-25-19-27-61(69(59)63)71(73)67(72(62)70)53-22-16-13-17-23-53)75(56-37-45(5)50(10)46(6)38-56)57-39-47(7)51(11)48(8)40-57/h12-40H,1-11H3. The van der Waals surface area contributed by atoms with Crippen LogP contribution in [-0.4, -0.2) is 0 Å². The molecule has 0 bridgehead atoms. The molecule has 0 heterocycles. The summed E-state index contributed by atoms with van der Waals surface area (Å²) in [5, 5.41) is 15.4. The topological polar surface area (TPSA) is 6.48 Å². The third-order valence-electron chi connectivity index (χ3n) is 17.2. The molecular formula is C73H62N2. The van der Waals surface area contributed by atoms with Crippen LogP contribution >= 0.6 is 0 Å². The van der Waals surface area contributed by atoms with Gasteiger partial charge in [0.2, 0.25) is 0 Å². The first-order chi connectivity index (χ1) is 36.3. The molecule has 75 heavy (non-hydrogen) atoms. The van der Waals surface area contributed by atoms with Crippen LogP contribution in [0.25, 0.3) is 86.9 Å². The van der Waals surface area contributed by atoms with Crippen LogP contribution in [0.15, 0.2) is 176 Å². The monoisotopic (exact) mass is 966 g/mol. The molecule has 2 heteroatoms. The number of fused-ring (bicyclic) bond motifs is 6. The molecule has 0 radical (unpaired) electrons. The number of rotatable bonds is 8. The summed E-state index contributed by atoms with van der Waals surface area (Å²) in [6.07, 6.45) is 0. The maximum Gasteiger partial charge on any atom is 0.0540 e. The van der Waals surface area contributed by atoms with E-state index in [0.717, 1.165) is 0 Å². The predicted octanol–water partition coefficient (Wildman–Crippen LogP) is 21.1. The van der Waals surface area contributed by atoms with Crippen LogP contribution in [-0.2, 0) is 0 Å². The first-order valence-electron chi connectivity index (χ1n) is 26.7. The molecule has 0 aromatic heterocycles. The lowest BCUT2D eigenvalue weighted by atomic mass is 9.87. The third-order valence-corrected chi connectivity index (χ3v) is 17.2. The van der Waals surface area contributed by atoms with Gasteiger partial charge in [-0.2, -0.15) is 0 Å². The van der Waals surface area contributed by atoms with Crippen molar-refractivity contribution in [2.75, 3.05) is 9.80 Å². The van der Waals surface area contributed by atoms with Gasteiger partial charge in [0.25, 0.3) is 0 Å². The Kier molecular flexibility index (Phi) is 10.7. The minimum absolute atomic E-state index is 1.17. The predicted molar refractivity (Wildman–Crippen MR) is 326 cm³/mol. The average molecular weight is 967 g/mol. The fourth-order valence-corrected chi connectivity index (χ4v) is 13.0. The molecule has 0 fully saturated rings. The number of benzene rings is 11. The van der Waals surface area contributed by atoms with Crippen LogP contribution < -0.4 is 9.80 Å². The van der Waals surface area contributed by atoms with Gasteiger partial charge < -0.3 is 9.80 Å². The molecule has 0 aliphatic rings. The smallest absolute Gasteiger partial charge is 0.0540 e. The maximum atomic E-state index is 2.52. The number of aryl methyl sites for hydroxylation is 8. The van der Waals surface area contributed by atoms with E-state index in [9.17, 15) is 0 Å². The minimum Gasteiger partial charge on any atom is -0.310 e. The van der Waals surface area contributed by atoms with Crippen molar-refractivity contribution >= 4 is 98.8 Å². The van der Waals surface area contributed by atoms with Crippen molar-refractivity contribution in [1.82, 2.24) is 0 Å². The van der Waals surface area contributed by atoms with Crippen molar-refractivity contribution < 1.29 is 0 Å². The minimum atomic E-state index is 1.17. The van der Waals surface area contributed by atoms with Gasteiger partial charge in [-0.25, -0.2) is 0 Å². The number of hydrogen-bond acceptors (Lipinski definition) is 2. The Morgan fingerprint density at radius 1 is 0.240 bits per heavy atom. The van der Waals surface area contributed by atoms with E-state index >= 15 is 0 Å². The number of nitrogens with zero attached hydrogens (tertiary/aromatic N) is 2. The van der Waals surface area contributed by atoms with Crippen molar-refractivity contribution in [3.8, 4) is 22.3 Å². The lowest BCUT2D eigenvalue weighted by molar-refractivity contribution is 1.20. The van der Waals surface area contributed by atoms with Crippen LogP contribution in [0.4, 0.5) is 34.1 Å². The molecule has 13 aromatic carbocycles. The van der Waals surface area contributed by atoms with Crippen molar-refractivity contribution in [1.29, 1.82) is 0 Å². The SMILES string of the molecule is Cc1cc(C)cc(N(c2cc(C)c(C)c(C)c2)c2ccc3c4c(-c5ccccc5)c5c6cccc7c(N(c8cc(C)c(C)c(C)c8)c8cc(C)c(C)c(C)c8)ccc(c5c(-c5ccccc5)c4c4cccc2c34)c76)c1. The molecule has 0 aliphatic heterocycles. The van der Waals surface area contributed by atoms with Crippen LogP contribution in [0.3, 0.4) is 0 Å². The van der Waals surface area contributed by atoms with Gasteiger partial charge in [0, 0.05) is 33.5 Å². The molecule has 0 spiro atoms. The van der Waals surface area contributed by atoms with Gasteiger partial charge in [-0.15, -0.1) is 0 Å². The Hall–Kier alpha value is -8.46. The fraction of sp³-hybridized carbons (Fsp3) is 0.151. The summed E-state index contributed by atoms with van der Waals surface area (Å²) in [5.74, 6) is 0. The van der Waals surface area contributed by atoms with Gasteiger partial charge in [0.1, 0.15) is 0 Å². The van der Waals surface area contributed by atoms with Crippen LogP contribution in [0.2, 0.25) is 0 Å². The van der Waals surface area contributed by atoms with E-state index in [1.165, 1.54) is 182 Å². The highest BCUT2D eigenvalue weighted by molar-refractivity contribution is 6.47. The lowest BCUT2D eigenvalue weighted by Gasteiger charge is -2.29. The molecule has 0 amide bonds. The normalized spacial score (nSPS) is 11.9. The highest BCUT2D eigenvalue weighted by Crippen LogP contribution is 2.58. The number of hydrogen-bond donors (Lipinski definition) is 0. The second-order valence-corrected chi connectivity index (χ2v) is 21.8. The van der Waals surface area contributed by atoms with Crippen LogP contribution in [0.1, 0.15) is 61.2 Å². The average Bonchev–Trinajstić information content (AvgIpc) is 3.97. The Bertz CT molecular complexity index is 4220. The van der Waals surface area contributed by atoms with Crippen molar-refractivity contribution in [3.05, 3.63) is 237 Å². The summed E-state index contributed by atoms with van der Waals surface area (Å²) in [4.78, 5) is 5.04. The molecule has 0 saturated carbocycles. The van der Waals surface area contributed by atoms with Crippen LogP contribution in [0.5, 0.6) is 0 Å². The second kappa shape index (κ2) is 17.3. The molecule has 2 nitrogen and oxygen atoms in total. The van der Waals surface area contributed by atoms with E-state index in [0.29, 0.717) is 0 Å². The molecule has 0 N–H and O–H groups in total. The first-order valence-corrected chi connectivity index (χ1v) is 26.7. The summed E-state index contributed by atoms with van der Waals surface area (Å²) in [6, 6.07) is 67.5. The summed E-state index contributed by atoms with van der Waals surface area (Å²) < 4.78 is 0. The molecule has 13 rings (SSSR count). The first kappa shape index (κ1) is 46.3. The maximum absolute atomic E-state index is 2.52. The number of anilines is 6. The molecular weight excluding hydrogens is 905 g/mol. The van der Waals surface area contributed by atoms with Gasteiger partial charge in [-0.05, 0) is 274 Å². The van der Waals surface area contributed by atoms with Crippen molar-refractivity contribution in [2.45, 2.75) is 76.2 Å². The highest BCUT2D eigenvalue weighted by atomic mass is 15.1. The lowest BCUT2D eigenvalue weighted by Crippen LogP contribution is -2.12. The summed E-state index contributed by atoms with van der Waals surface area (Å²) in [6.45, 7) is 24.7. The van der Waals surface area contributed by atoms with Crippen LogP contribution in [0, 0.1) is 76.2 Å². The zero-order valence-corrected chi connectivity index (χ0v) is 45.1. The van der Waals surface area contributed by atoms with Crippen molar-refractivity contribution in [3.63, 3.8) is 0 Å². The van der Waals surface area contributed by atoms with E-state index in [1.807, 2.05) is 0 Å². The van der Waals surface area contributed by atoms with E-state index in [-0.39, 0.29) is 0 Å². The second-order valence-electron chi connectivity index (χ2n) is 21.8. The Morgan fingerprint density at radius 2 is 0.533 bits per heavy atom. The highest BCUT2D eigenvalue weighted by Gasteiger charge is 2.30. The quantitative estimate of drug-likeness (QED) is 0.150. The van der Waals surface area contributed by atoms with Gasteiger partial charge >= 0.3 is 0 Å². The van der Waals surface area contributed by atoms with E-state index < -0.39 is 0 Å².